The number of nitrogens with two attached hydrogens (primary N) is 1. The van der Waals surface area contributed by atoms with Gasteiger partial charge in [0.2, 0.25) is 0 Å². The molecule has 0 saturated carbocycles. The second-order valence-corrected chi connectivity index (χ2v) is 2.68. The highest BCUT2D eigenvalue weighted by Gasteiger charge is 2.33. The first kappa shape index (κ1) is 8.99. The summed E-state index contributed by atoms with van der Waals surface area (Å²) in [5.74, 6) is 0. The quantitative estimate of drug-likeness (QED) is 0.723. The third-order valence-electron chi connectivity index (χ3n) is 1.59. The summed E-state index contributed by atoms with van der Waals surface area (Å²) >= 11 is 0. The Bertz CT molecular complexity index is 248. The molecular formula is C7H9F2N3. The van der Waals surface area contributed by atoms with Crippen molar-refractivity contribution in [2.75, 3.05) is 0 Å². The molecule has 1 aromatic rings. The van der Waals surface area contributed by atoms with Crippen LogP contribution in [-0.4, -0.2) is 16.4 Å². The summed E-state index contributed by atoms with van der Waals surface area (Å²) in [5, 5.41) is 0. The molecule has 0 saturated heterocycles. The standard InChI is InChI=1S/C7H9F2N3/c1-7(10,6(8)9)5-2-3-11-4-12-5/h2-4,6H,10H2,1H3. The zero-order chi connectivity index (χ0) is 9.19. The van der Waals surface area contributed by atoms with Gasteiger partial charge in [0.15, 0.2) is 0 Å². The molecule has 12 heavy (non-hydrogen) atoms. The first-order valence-corrected chi connectivity index (χ1v) is 3.38. The van der Waals surface area contributed by atoms with E-state index in [0.717, 1.165) is 0 Å². The van der Waals surface area contributed by atoms with Crippen LogP contribution >= 0.6 is 0 Å². The van der Waals surface area contributed by atoms with E-state index in [1.165, 1.54) is 25.5 Å². The molecule has 3 nitrogen and oxygen atoms in total. The van der Waals surface area contributed by atoms with Crippen molar-refractivity contribution in [1.29, 1.82) is 0 Å². The van der Waals surface area contributed by atoms with E-state index in [1.54, 1.807) is 0 Å². The highest BCUT2D eigenvalue weighted by atomic mass is 19.3. The Morgan fingerprint density at radius 2 is 2.25 bits per heavy atom. The predicted molar refractivity (Wildman–Crippen MR) is 39.6 cm³/mol. The lowest BCUT2D eigenvalue weighted by molar-refractivity contribution is 0.0601. The Kier molecular flexibility index (Phi) is 2.32. The van der Waals surface area contributed by atoms with Crippen LogP contribution in [0.3, 0.4) is 0 Å². The fraction of sp³-hybridized carbons (Fsp3) is 0.429. The summed E-state index contributed by atoms with van der Waals surface area (Å²) in [5.41, 5.74) is 3.79. The van der Waals surface area contributed by atoms with Crippen LogP contribution in [-0.2, 0) is 5.54 Å². The monoisotopic (exact) mass is 173 g/mol. The number of nitrogens with zero attached hydrogens (tertiary/aromatic N) is 2. The zero-order valence-corrected chi connectivity index (χ0v) is 6.54. The van der Waals surface area contributed by atoms with E-state index in [0.29, 0.717) is 0 Å². The van der Waals surface area contributed by atoms with Crippen LogP contribution in [0.25, 0.3) is 0 Å². The number of hydrogen-bond donors (Lipinski definition) is 1. The number of aromatic nitrogens is 2. The number of hydrogen-bond acceptors (Lipinski definition) is 3. The summed E-state index contributed by atoms with van der Waals surface area (Å²) in [6.45, 7) is 1.24. The van der Waals surface area contributed by atoms with Gasteiger partial charge in [-0.3, -0.25) is 0 Å². The summed E-state index contributed by atoms with van der Waals surface area (Å²) in [7, 11) is 0. The van der Waals surface area contributed by atoms with Crippen molar-refractivity contribution in [3.8, 4) is 0 Å². The molecule has 1 rings (SSSR count). The Balaban J connectivity index is 2.98. The summed E-state index contributed by atoms with van der Waals surface area (Å²) < 4.78 is 24.6. The van der Waals surface area contributed by atoms with Crippen molar-refractivity contribution in [2.24, 2.45) is 5.73 Å². The van der Waals surface area contributed by atoms with Gasteiger partial charge in [0.1, 0.15) is 11.9 Å². The lowest BCUT2D eigenvalue weighted by Crippen LogP contribution is -2.41. The molecule has 0 aliphatic heterocycles. The zero-order valence-electron chi connectivity index (χ0n) is 6.54. The van der Waals surface area contributed by atoms with Gasteiger partial charge in [-0.25, -0.2) is 18.7 Å². The number of halogens is 2. The average molecular weight is 173 g/mol. The lowest BCUT2D eigenvalue weighted by atomic mass is 10.0. The first-order chi connectivity index (χ1) is 5.55. The number of rotatable bonds is 2. The van der Waals surface area contributed by atoms with E-state index in [9.17, 15) is 8.78 Å². The minimum atomic E-state index is -2.63. The minimum Gasteiger partial charge on any atom is -0.316 e. The first-order valence-electron chi connectivity index (χ1n) is 3.38. The molecule has 66 valence electrons. The van der Waals surface area contributed by atoms with Gasteiger partial charge in [0, 0.05) is 6.20 Å². The molecule has 0 spiro atoms. The Morgan fingerprint density at radius 3 is 2.67 bits per heavy atom. The van der Waals surface area contributed by atoms with E-state index in [4.69, 9.17) is 5.73 Å². The second kappa shape index (κ2) is 3.10. The molecule has 2 N–H and O–H groups in total. The molecule has 0 radical (unpaired) electrons. The van der Waals surface area contributed by atoms with Crippen LogP contribution in [0.5, 0.6) is 0 Å². The Hall–Kier alpha value is -1.10. The smallest absolute Gasteiger partial charge is 0.261 e. The summed E-state index contributed by atoms with van der Waals surface area (Å²) in [6.07, 6.45) is -0.0500. The fourth-order valence-electron chi connectivity index (χ4n) is 0.721. The van der Waals surface area contributed by atoms with Crippen LogP contribution < -0.4 is 5.73 Å². The predicted octanol–water partition coefficient (Wildman–Crippen LogP) is 0.916. The van der Waals surface area contributed by atoms with Gasteiger partial charge in [-0.15, -0.1) is 0 Å². The average Bonchev–Trinajstić information content (AvgIpc) is 2.06. The van der Waals surface area contributed by atoms with Crippen LogP contribution in [0.2, 0.25) is 0 Å². The van der Waals surface area contributed by atoms with Gasteiger partial charge in [-0.2, -0.15) is 0 Å². The van der Waals surface area contributed by atoms with Gasteiger partial charge in [-0.05, 0) is 13.0 Å². The highest BCUT2D eigenvalue weighted by Crippen LogP contribution is 2.22. The molecule has 0 aliphatic carbocycles. The summed E-state index contributed by atoms with van der Waals surface area (Å²) in [6, 6.07) is 1.38. The molecule has 1 atom stereocenters. The van der Waals surface area contributed by atoms with E-state index >= 15 is 0 Å². The molecule has 5 heteroatoms. The van der Waals surface area contributed by atoms with Crippen molar-refractivity contribution >= 4 is 0 Å². The molecule has 0 bridgehead atoms. The van der Waals surface area contributed by atoms with Crippen molar-refractivity contribution in [3.63, 3.8) is 0 Å². The van der Waals surface area contributed by atoms with Crippen LogP contribution in [0.1, 0.15) is 12.6 Å². The topological polar surface area (TPSA) is 51.8 Å². The minimum absolute atomic E-state index is 0.146. The highest BCUT2D eigenvalue weighted by molar-refractivity contribution is 5.11. The van der Waals surface area contributed by atoms with Crippen molar-refractivity contribution in [2.45, 2.75) is 18.9 Å². The third kappa shape index (κ3) is 1.55. The molecule has 1 heterocycles. The van der Waals surface area contributed by atoms with Gasteiger partial charge in [-0.1, -0.05) is 0 Å². The summed E-state index contributed by atoms with van der Waals surface area (Å²) in [4.78, 5) is 7.26. The van der Waals surface area contributed by atoms with Crippen LogP contribution in [0.15, 0.2) is 18.6 Å². The molecular weight excluding hydrogens is 164 g/mol. The van der Waals surface area contributed by atoms with Crippen molar-refractivity contribution < 1.29 is 8.78 Å². The van der Waals surface area contributed by atoms with Gasteiger partial charge in [0.25, 0.3) is 6.43 Å². The molecule has 1 unspecified atom stereocenters. The SMILES string of the molecule is CC(N)(c1ccncn1)C(F)F. The maximum absolute atomic E-state index is 12.3. The van der Waals surface area contributed by atoms with Crippen LogP contribution in [0, 0.1) is 0 Å². The fourth-order valence-corrected chi connectivity index (χ4v) is 0.721. The van der Waals surface area contributed by atoms with E-state index in [1.807, 2.05) is 0 Å². The van der Waals surface area contributed by atoms with Gasteiger partial charge >= 0.3 is 0 Å². The van der Waals surface area contributed by atoms with Crippen molar-refractivity contribution in [3.05, 3.63) is 24.3 Å². The normalized spacial score (nSPS) is 16.1. The van der Waals surface area contributed by atoms with Crippen molar-refractivity contribution in [1.82, 2.24) is 9.97 Å². The third-order valence-corrected chi connectivity index (χ3v) is 1.59. The molecule has 0 aliphatic rings. The van der Waals surface area contributed by atoms with E-state index in [2.05, 4.69) is 9.97 Å². The maximum atomic E-state index is 12.3. The molecule has 0 fully saturated rings. The van der Waals surface area contributed by atoms with E-state index in [-0.39, 0.29) is 5.69 Å². The van der Waals surface area contributed by atoms with E-state index < -0.39 is 12.0 Å². The molecule has 1 aromatic heterocycles. The number of alkyl halides is 2. The second-order valence-electron chi connectivity index (χ2n) is 2.68. The lowest BCUT2D eigenvalue weighted by Gasteiger charge is -2.21. The Morgan fingerprint density at radius 1 is 1.58 bits per heavy atom. The Labute approximate surface area is 68.6 Å². The van der Waals surface area contributed by atoms with Gasteiger partial charge < -0.3 is 5.73 Å². The molecule has 0 aromatic carbocycles. The largest absolute Gasteiger partial charge is 0.316 e. The van der Waals surface area contributed by atoms with Gasteiger partial charge in [0.05, 0.1) is 5.69 Å². The maximum Gasteiger partial charge on any atom is 0.261 e. The molecule has 0 amide bonds. The van der Waals surface area contributed by atoms with Crippen LogP contribution in [0.4, 0.5) is 8.78 Å².